The molecule has 1 rings (SSSR count). The minimum absolute atomic E-state index is 0.0598. The van der Waals surface area contributed by atoms with Crippen molar-refractivity contribution in [1.29, 1.82) is 0 Å². The van der Waals surface area contributed by atoms with Gasteiger partial charge in [0.25, 0.3) is 0 Å². The quantitative estimate of drug-likeness (QED) is 0.789. The number of nitrogens with one attached hydrogen (secondary N) is 1. The third kappa shape index (κ3) is 3.66. The highest BCUT2D eigenvalue weighted by Gasteiger charge is 2.19. The summed E-state index contributed by atoms with van der Waals surface area (Å²) in [5.74, 6) is -0.164. The number of carbonyl (C=O) groups excluding carboxylic acids is 1. The first-order chi connectivity index (χ1) is 7.29. The molecule has 5 nitrogen and oxygen atoms in total. The van der Waals surface area contributed by atoms with Crippen LogP contribution in [0.1, 0.15) is 32.4 Å². The van der Waals surface area contributed by atoms with E-state index in [2.05, 4.69) is 31.2 Å². The number of nitrogens with zero attached hydrogens (tertiary/aromatic N) is 2. The number of carbonyl (C=O) groups is 1. The molecule has 0 aliphatic carbocycles. The third-order valence-corrected chi connectivity index (χ3v) is 2.16. The molecule has 1 unspecified atom stereocenters. The molecule has 0 aromatic carbocycles. The Bertz CT molecular complexity index is 364. The maximum Gasteiger partial charge on any atom is 0.241 e. The smallest absolute Gasteiger partial charge is 0.241 e. The fourth-order valence-corrected chi connectivity index (χ4v) is 1.21. The molecule has 1 amide bonds. The molecule has 90 valence electrons. The zero-order valence-corrected chi connectivity index (χ0v) is 10.3. The molecule has 16 heavy (non-hydrogen) atoms. The van der Waals surface area contributed by atoms with Gasteiger partial charge >= 0.3 is 0 Å². The van der Waals surface area contributed by atoms with Gasteiger partial charge in [-0.05, 0) is 5.41 Å². The molecule has 0 saturated carbocycles. The lowest BCUT2D eigenvalue weighted by molar-refractivity contribution is -0.122. The number of aromatic nitrogens is 2. The molecule has 0 bridgehead atoms. The topological polar surface area (TPSA) is 72.9 Å². The summed E-state index contributed by atoms with van der Waals surface area (Å²) in [6, 6.07) is -0.643. The summed E-state index contributed by atoms with van der Waals surface area (Å²) in [5.41, 5.74) is 6.61. The van der Waals surface area contributed by atoms with E-state index in [1.165, 1.54) is 0 Å². The zero-order valence-electron chi connectivity index (χ0n) is 10.3. The number of nitrogens with two attached hydrogens (primary N) is 1. The van der Waals surface area contributed by atoms with Crippen LogP contribution < -0.4 is 11.1 Å². The summed E-state index contributed by atoms with van der Waals surface area (Å²) in [4.78, 5) is 11.7. The number of hydrogen-bond acceptors (Lipinski definition) is 3. The molecule has 0 fully saturated rings. The first-order valence-electron chi connectivity index (χ1n) is 5.31. The van der Waals surface area contributed by atoms with E-state index in [0.717, 1.165) is 5.56 Å². The zero-order chi connectivity index (χ0) is 12.3. The largest absolute Gasteiger partial charge is 0.354 e. The van der Waals surface area contributed by atoms with E-state index in [0.29, 0.717) is 6.54 Å². The molecule has 0 spiro atoms. The normalized spacial score (nSPS) is 13.6. The molecule has 1 aromatic heterocycles. The van der Waals surface area contributed by atoms with Gasteiger partial charge in [-0.2, -0.15) is 5.10 Å². The van der Waals surface area contributed by atoms with E-state index in [1.54, 1.807) is 24.1 Å². The molecule has 0 radical (unpaired) electrons. The fourth-order valence-electron chi connectivity index (χ4n) is 1.21. The Morgan fingerprint density at radius 1 is 1.62 bits per heavy atom. The van der Waals surface area contributed by atoms with Crippen molar-refractivity contribution in [3.05, 3.63) is 18.0 Å². The van der Waals surface area contributed by atoms with Gasteiger partial charge in [0.05, 0.1) is 6.20 Å². The summed E-state index contributed by atoms with van der Waals surface area (Å²) in [7, 11) is 1.79. The summed E-state index contributed by atoms with van der Waals surface area (Å²) < 4.78 is 1.63. The van der Waals surface area contributed by atoms with Crippen molar-refractivity contribution >= 4 is 5.91 Å². The van der Waals surface area contributed by atoms with Crippen molar-refractivity contribution in [3.8, 4) is 0 Å². The van der Waals surface area contributed by atoms with E-state index in [4.69, 9.17) is 5.73 Å². The minimum atomic E-state index is -0.643. The average Bonchev–Trinajstić information content (AvgIpc) is 2.59. The van der Waals surface area contributed by atoms with E-state index >= 15 is 0 Å². The predicted molar refractivity (Wildman–Crippen MR) is 62.6 cm³/mol. The van der Waals surface area contributed by atoms with Crippen LogP contribution in [0.25, 0.3) is 0 Å². The monoisotopic (exact) mass is 224 g/mol. The Hall–Kier alpha value is -1.36. The van der Waals surface area contributed by atoms with Gasteiger partial charge in [-0.3, -0.25) is 9.48 Å². The molecular weight excluding hydrogens is 204 g/mol. The van der Waals surface area contributed by atoms with Gasteiger partial charge < -0.3 is 11.1 Å². The molecule has 0 aliphatic heterocycles. The highest BCUT2D eigenvalue weighted by atomic mass is 16.2. The van der Waals surface area contributed by atoms with Gasteiger partial charge in [0.15, 0.2) is 0 Å². The predicted octanol–water partition coefficient (Wildman–Crippen LogP) is 0.582. The van der Waals surface area contributed by atoms with Gasteiger partial charge in [0, 0.05) is 25.4 Å². The molecule has 1 heterocycles. The van der Waals surface area contributed by atoms with Crippen LogP contribution in [0, 0.1) is 5.41 Å². The highest BCUT2D eigenvalue weighted by molar-refractivity contribution is 5.82. The summed E-state index contributed by atoms with van der Waals surface area (Å²) in [5, 5.41) is 6.81. The average molecular weight is 224 g/mol. The van der Waals surface area contributed by atoms with Crippen LogP contribution >= 0.6 is 0 Å². The SMILES string of the molecule is Cn1cc(C(N)C(=O)NCC(C)(C)C)cn1. The molecule has 1 aromatic rings. The minimum Gasteiger partial charge on any atom is -0.354 e. The molecule has 1 atom stereocenters. The molecule has 0 aliphatic rings. The summed E-state index contributed by atoms with van der Waals surface area (Å²) in [6.45, 7) is 6.79. The fraction of sp³-hybridized carbons (Fsp3) is 0.636. The Kier molecular flexibility index (Phi) is 3.70. The maximum atomic E-state index is 11.7. The van der Waals surface area contributed by atoms with Crippen LogP contribution in [0.5, 0.6) is 0 Å². The second-order valence-electron chi connectivity index (χ2n) is 5.20. The van der Waals surface area contributed by atoms with Gasteiger partial charge in [-0.15, -0.1) is 0 Å². The lowest BCUT2D eigenvalue weighted by Crippen LogP contribution is -2.38. The molecule has 3 N–H and O–H groups in total. The lowest BCUT2D eigenvalue weighted by Gasteiger charge is -2.20. The molecule has 0 saturated heterocycles. The van der Waals surface area contributed by atoms with Crippen LogP contribution in [0.2, 0.25) is 0 Å². The second-order valence-corrected chi connectivity index (χ2v) is 5.20. The lowest BCUT2D eigenvalue weighted by atomic mass is 9.97. The second kappa shape index (κ2) is 4.65. The number of amides is 1. The van der Waals surface area contributed by atoms with E-state index in [1.807, 2.05) is 0 Å². The van der Waals surface area contributed by atoms with E-state index in [-0.39, 0.29) is 11.3 Å². The molecular formula is C11H20N4O. The van der Waals surface area contributed by atoms with Crippen molar-refractivity contribution in [3.63, 3.8) is 0 Å². The standard InChI is InChI=1S/C11H20N4O/c1-11(2,3)7-13-10(16)9(12)8-5-14-15(4)6-8/h5-6,9H,7,12H2,1-4H3,(H,13,16). The third-order valence-electron chi connectivity index (χ3n) is 2.16. The number of aryl methyl sites for hydroxylation is 1. The van der Waals surface area contributed by atoms with Crippen molar-refractivity contribution < 1.29 is 4.79 Å². The van der Waals surface area contributed by atoms with E-state index in [9.17, 15) is 4.79 Å². The Labute approximate surface area is 96.0 Å². The van der Waals surface area contributed by atoms with Gasteiger partial charge in [-0.25, -0.2) is 0 Å². The first-order valence-corrected chi connectivity index (χ1v) is 5.31. The van der Waals surface area contributed by atoms with Crippen molar-refractivity contribution in [2.75, 3.05) is 6.54 Å². The summed E-state index contributed by atoms with van der Waals surface area (Å²) >= 11 is 0. The van der Waals surface area contributed by atoms with Gasteiger partial charge in [0.2, 0.25) is 5.91 Å². The van der Waals surface area contributed by atoms with Crippen LogP contribution in [0.3, 0.4) is 0 Å². The Morgan fingerprint density at radius 2 is 2.25 bits per heavy atom. The van der Waals surface area contributed by atoms with Crippen LogP contribution in [-0.4, -0.2) is 22.2 Å². The Morgan fingerprint density at radius 3 is 2.69 bits per heavy atom. The molecule has 5 heteroatoms. The van der Waals surface area contributed by atoms with Crippen LogP contribution in [-0.2, 0) is 11.8 Å². The summed E-state index contributed by atoms with van der Waals surface area (Å²) in [6.07, 6.45) is 3.36. The maximum absolute atomic E-state index is 11.7. The van der Waals surface area contributed by atoms with Gasteiger partial charge in [0.1, 0.15) is 6.04 Å². The first kappa shape index (κ1) is 12.7. The number of hydrogen-bond donors (Lipinski definition) is 2. The van der Waals surface area contributed by atoms with Crippen molar-refractivity contribution in [2.24, 2.45) is 18.2 Å². The van der Waals surface area contributed by atoms with Crippen molar-refractivity contribution in [2.45, 2.75) is 26.8 Å². The van der Waals surface area contributed by atoms with Gasteiger partial charge in [-0.1, -0.05) is 20.8 Å². The highest BCUT2D eigenvalue weighted by Crippen LogP contribution is 2.12. The van der Waals surface area contributed by atoms with Crippen molar-refractivity contribution in [1.82, 2.24) is 15.1 Å². The van der Waals surface area contributed by atoms with Crippen LogP contribution in [0.4, 0.5) is 0 Å². The van der Waals surface area contributed by atoms with Crippen LogP contribution in [0.15, 0.2) is 12.4 Å². The van der Waals surface area contributed by atoms with E-state index < -0.39 is 6.04 Å². The Balaban J connectivity index is 2.55. The number of rotatable bonds is 3.